The van der Waals surface area contributed by atoms with Crippen LogP contribution in [0.25, 0.3) is 10.2 Å². The van der Waals surface area contributed by atoms with Crippen molar-refractivity contribution < 1.29 is 0 Å². The Morgan fingerprint density at radius 2 is 2.10 bits per heavy atom. The molecule has 0 saturated heterocycles. The van der Waals surface area contributed by atoms with E-state index >= 15 is 0 Å². The molecule has 0 atom stereocenters. The summed E-state index contributed by atoms with van der Waals surface area (Å²) in [6.07, 6.45) is 3.36. The first-order valence-electron chi connectivity index (χ1n) is 5.90. The Kier molecular flexibility index (Phi) is 3.82. The summed E-state index contributed by atoms with van der Waals surface area (Å²) in [4.78, 5) is 11.9. The summed E-state index contributed by atoms with van der Waals surface area (Å²) in [6, 6.07) is 4.01. The van der Waals surface area contributed by atoms with Gasteiger partial charge in [0.15, 0.2) is 5.82 Å². The maximum absolute atomic E-state index is 4.30. The van der Waals surface area contributed by atoms with Gasteiger partial charge in [-0.25, -0.2) is 9.97 Å². The van der Waals surface area contributed by atoms with Gasteiger partial charge in [-0.05, 0) is 47.5 Å². The van der Waals surface area contributed by atoms with Crippen LogP contribution in [0, 0.1) is 13.8 Å². The zero-order valence-corrected chi connectivity index (χ0v) is 14.1. The molecule has 3 aromatic heterocycles. The van der Waals surface area contributed by atoms with Crippen LogP contribution >= 0.6 is 38.6 Å². The summed E-state index contributed by atoms with van der Waals surface area (Å²) in [5, 5.41) is 5.31. The quantitative estimate of drug-likeness (QED) is 0.545. The van der Waals surface area contributed by atoms with Crippen LogP contribution < -0.4 is 5.43 Å². The second kappa shape index (κ2) is 5.59. The van der Waals surface area contributed by atoms with Gasteiger partial charge in [0.2, 0.25) is 0 Å². The molecule has 0 amide bonds. The van der Waals surface area contributed by atoms with Crippen molar-refractivity contribution in [2.75, 3.05) is 5.43 Å². The van der Waals surface area contributed by atoms with Crippen molar-refractivity contribution in [3.05, 3.63) is 37.6 Å². The van der Waals surface area contributed by atoms with E-state index in [4.69, 9.17) is 0 Å². The molecule has 0 spiro atoms. The zero-order chi connectivity index (χ0) is 14.1. The van der Waals surface area contributed by atoms with Crippen molar-refractivity contribution in [3.8, 4) is 0 Å². The van der Waals surface area contributed by atoms with E-state index < -0.39 is 0 Å². The molecular formula is C13H11BrN4S2. The lowest BCUT2D eigenvalue weighted by atomic mass is 10.2. The normalized spacial score (nSPS) is 11.6. The molecule has 4 nitrogen and oxygen atoms in total. The van der Waals surface area contributed by atoms with Crippen LogP contribution in [0.15, 0.2) is 27.3 Å². The van der Waals surface area contributed by atoms with E-state index in [-0.39, 0.29) is 0 Å². The highest BCUT2D eigenvalue weighted by atomic mass is 79.9. The van der Waals surface area contributed by atoms with Crippen LogP contribution in [0.2, 0.25) is 0 Å². The van der Waals surface area contributed by atoms with E-state index in [0.717, 1.165) is 24.7 Å². The van der Waals surface area contributed by atoms with Crippen molar-refractivity contribution in [1.29, 1.82) is 0 Å². The van der Waals surface area contributed by atoms with Crippen LogP contribution in [0.4, 0.5) is 5.82 Å². The number of anilines is 1. The number of rotatable bonds is 3. The molecule has 3 heterocycles. The third-order valence-electron chi connectivity index (χ3n) is 2.92. The maximum atomic E-state index is 4.30. The van der Waals surface area contributed by atoms with Gasteiger partial charge < -0.3 is 0 Å². The molecule has 0 unspecified atom stereocenters. The molecule has 0 bridgehead atoms. The molecule has 0 fully saturated rings. The summed E-state index contributed by atoms with van der Waals surface area (Å²) < 4.78 is 1.09. The third-order valence-corrected chi connectivity index (χ3v) is 5.60. The first-order chi connectivity index (χ1) is 9.65. The molecule has 0 aromatic carbocycles. The average Bonchev–Trinajstić information content (AvgIpc) is 2.95. The Morgan fingerprint density at radius 3 is 2.85 bits per heavy atom. The number of hydrazone groups is 1. The van der Waals surface area contributed by atoms with E-state index in [1.165, 1.54) is 10.4 Å². The van der Waals surface area contributed by atoms with E-state index in [2.05, 4.69) is 50.3 Å². The predicted octanol–water partition coefficient (Wildman–Crippen LogP) is 4.58. The fourth-order valence-electron chi connectivity index (χ4n) is 1.82. The smallest absolute Gasteiger partial charge is 0.158 e. The number of nitrogens with one attached hydrogen (secondary N) is 1. The van der Waals surface area contributed by atoms with Crippen molar-refractivity contribution >= 4 is 60.9 Å². The summed E-state index contributed by atoms with van der Waals surface area (Å²) in [7, 11) is 0. The van der Waals surface area contributed by atoms with Crippen molar-refractivity contribution in [1.82, 2.24) is 9.97 Å². The molecule has 0 aliphatic carbocycles. The molecule has 3 rings (SSSR count). The van der Waals surface area contributed by atoms with Crippen LogP contribution in [-0.2, 0) is 0 Å². The summed E-state index contributed by atoms with van der Waals surface area (Å²) in [5.41, 5.74) is 4.23. The maximum Gasteiger partial charge on any atom is 0.158 e. The predicted molar refractivity (Wildman–Crippen MR) is 90.1 cm³/mol. The molecule has 102 valence electrons. The topological polar surface area (TPSA) is 50.2 Å². The van der Waals surface area contributed by atoms with Crippen LogP contribution in [0.3, 0.4) is 0 Å². The average molecular weight is 367 g/mol. The van der Waals surface area contributed by atoms with Crippen molar-refractivity contribution in [2.45, 2.75) is 13.8 Å². The Bertz CT molecular complexity index is 791. The first-order valence-corrected chi connectivity index (χ1v) is 8.33. The number of nitrogens with zero attached hydrogens (tertiary/aromatic N) is 3. The van der Waals surface area contributed by atoms with Gasteiger partial charge >= 0.3 is 0 Å². The Morgan fingerprint density at radius 1 is 1.25 bits per heavy atom. The number of thiophene rings is 2. The molecule has 0 aliphatic heterocycles. The lowest BCUT2D eigenvalue weighted by molar-refractivity contribution is 1.19. The van der Waals surface area contributed by atoms with Gasteiger partial charge in [-0.1, -0.05) is 0 Å². The highest BCUT2D eigenvalue weighted by Gasteiger charge is 2.11. The van der Waals surface area contributed by atoms with Crippen molar-refractivity contribution in [3.63, 3.8) is 0 Å². The van der Waals surface area contributed by atoms with Gasteiger partial charge in [0.05, 0.1) is 15.4 Å². The lowest BCUT2D eigenvalue weighted by Crippen LogP contribution is -1.94. The van der Waals surface area contributed by atoms with Gasteiger partial charge in [0.1, 0.15) is 11.2 Å². The number of hydrogen-bond acceptors (Lipinski definition) is 6. The number of aryl methyl sites for hydroxylation is 2. The minimum atomic E-state index is 0.753. The fraction of sp³-hybridized carbons (Fsp3) is 0.154. The monoisotopic (exact) mass is 366 g/mol. The van der Waals surface area contributed by atoms with Gasteiger partial charge in [0, 0.05) is 9.75 Å². The van der Waals surface area contributed by atoms with E-state index in [0.29, 0.717) is 0 Å². The molecular weight excluding hydrogens is 356 g/mol. The van der Waals surface area contributed by atoms with Gasteiger partial charge in [0.25, 0.3) is 0 Å². The Hall–Kier alpha value is -1.31. The lowest BCUT2D eigenvalue weighted by Gasteiger charge is -2.01. The Labute approximate surface area is 132 Å². The summed E-state index contributed by atoms with van der Waals surface area (Å²) in [5.74, 6) is 0.753. The van der Waals surface area contributed by atoms with E-state index in [9.17, 15) is 0 Å². The van der Waals surface area contributed by atoms with Crippen molar-refractivity contribution in [2.24, 2.45) is 5.10 Å². The van der Waals surface area contributed by atoms with Gasteiger partial charge in [-0.15, -0.1) is 22.7 Å². The summed E-state index contributed by atoms with van der Waals surface area (Å²) in [6.45, 7) is 4.18. The molecule has 7 heteroatoms. The zero-order valence-electron chi connectivity index (χ0n) is 10.8. The highest BCUT2D eigenvalue weighted by Crippen LogP contribution is 2.32. The van der Waals surface area contributed by atoms with Crippen LogP contribution in [0.5, 0.6) is 0 Å². The second-order valence-electron chi connectivity index (χ2n) is 4.20. The Balaban J connectivity index is 1.89. The number of aromatic nitrogens is 2. The minimum absolute atomic E-state index is 0.753. The number of halogens is 1. The summed E-state index contributed by atoms with van der Waals surface area (Å²) >= 11 is 6.74. The molecule has 3 aromatic rings. The van der Waals surface area contributed by atoms with Crippen LogP contribution in [0.1, 0.15) is 15.3 Å². The van der Waals surface area contributed by atoms with E-state index in [1.807, 2.05) is 12.1 Å². The molecule has 0 saturated carbocycles. The van der Waals surface area contributed by atoms with Crippen LogP contribution in [-0.4, -0.2) is 16.2 Å². The van der Waals surface area contributed by atoms with Gasteiger partial charge in [-0.3, -0.25) is 5.43 Å². The molecule has 20 heavy (non-hydrogen) atoms. The van der Waals surface area contributed by atoms with Gasteiger partial charge in [-0.2, -0.15) is 5.10 Å². The standard InChI is InChI=1S/C13H11BrN4S2/c1-7-8(2)19-13-11(7)12(15-6-16-13)18-17-5-9-3-4-10(14)20-9/h3-6H,1-2H3,(H,15,16,18)/b17-5+. The molecule has 1 N–H and O–H groups in total. The fourth-order valence-corrected chi connectivity index (χ4v) is 4.11. The third kappa shape index (κ3) is 2.61. The number of hydrogen-bond donors (Lipinski definition) is 1. The molecule has 0 aliphatic rings. The largest absolute Gasteiger partial charge is 0.261 e. The number of fused-ring (bicyclic) bond motifs is 1. The second-order valence-corrected chi connectivity index (χ2v) is 7.90. The minimum Gasteiger partial charge on any atom is -0.261 e. The molecule has 0 radical (unpaired) electrons. The highest BCUT2D eigenvalue weighted by molar-refractivity contribution is 9.11. The SMILES string of the molecule is Cc1sc2ncnc(N/N=C/c3ccc(Br)s3)c2c1C. The van der Waals surface area contributed by atoms with E-state index in [1.54, 1.807) is 35.2 Å². The first kappa shape index (κ1) is 13.7.